The first-order valence-corrected chi connectivity index (χ1v) is 11.7. The number of likely N-dealkylation sites (N-methyl/N-ethyl adjacent to an activating group) is 1. The van der Waals surface area contributed by atoms with Crippen LogP contribution < -0.4 is 15.0 Å². The molecule has 4 rings (SSSR count). The van der Waals surface area contributed by atoms with Gasteiger partial charge in [-0.05, 0) is 55.2 Å². The van der Waals surface area contributed by atoms with Crippen LogP contribution in [0.2, 0.25) is 0 Å². The molecule has 0 radical (unpaired) electrons. The molecule has 1 N–H and O–H groups in total. The van der Waals surface area contributed by atoms with Crippen LogP contribution in [0.4, 0.5) is 5.82 Å². The van der Waals surface area contributed by atoms with Crippen molar-refractivity contribution in [2.24, 2.45) is 0 Å². The summed E-state index contributed by atoms with van der Waals surface area (Å²) in [6.45, 7) is 4.86. The summed E-state index contributed by atoms with van der Waals surface area (Å²) in [5.74, 6) is 1.50. The van der Waals surface area contributed by atoms with Gasteiger partial charge in [-0.1, -0.05) is 12.1 Å². The molecule has 0 bridgehead atoms. The summed E-state index contributed by atoms with van der Waals surface area (Å²) >= 11 is 1.72. The number of benzene rings is 1. The molecule has 8 heteroatoms. The topological polar surface area (TPSA) is 70.6 Å². The molecular weight excluding hydrogens is 422 g/mol. The highest BCUT2D eigenvalue weighted by Gasteiger charge is 2.26. The van der Waals surface area contributed by atoms with E-state index in [0.717, 1.165) is 36.4 Å². The van der Waals surface area contributed by atoms with Gasteiger partial charge in [0.05, 0.1) is 0 Å². The van der Waals surface area contributed by atoms with Crippen LogP contribution in [0.5, 0.6) is 5.75 Å². The summed E-state index contributed by atoms with van der Waals surface area (Å²) in [7, 11) is 3.91. The number of hydrogen-bond donors (Lipinski definition) is 1. The fourth-order valence-electron chi connectivity index (χ4n) is 3.88. The maximum absolute atomic E-state index is 13.1. The van der Waals surface area contributed by atoms with Gasteiger partial charge in [-0.25, -0.2) is 9.97 Å². The van der Waals surface area contributed by atoms with Crippen molar-refractivity contribution in [1.82, 2.24) is 20.2 Å². The molecule has 1 atom stereocenters. The first-order chi connectivity index (χ1) is 15.6. The number of hydrogen-bond acceptors (Lipinski definition) is 7. The van der Waals surface area contributed by atoms with Crippen molar-refractivity contribution in [3.05, 3.63) is 69.8 Å². The van der Waals surface area contributed by atoms with Gasteiger partial charge in [-0.3, -0.25) is 4.79 Å². The number of nitrogens with one attached hydrogen (secondary N) is 1. The van der Waals surface area contributed by atoms with Crippen LogP contribution in [0.15, 0.2) is 48.2 Å². The van der Waals surface area contributed by atoms with Crippen LogP contribution >= 0.6 is 11.3 Å². The predicted octanol–water partition coefficient (Wildman–Crippen LogP) is 3.67. The lowest BCUT2D eigenvalue weighted by atomic mass is 10.1. The third kappa shape index (κ3) is 4.92. The molecule has 0 spiro atoms. The number of rotatable bonds is 8. The highest BCUT2D eigenvalue weighted by molar-refractivity contribution is 7.10. The van der Waals surface area contributed by atoms with Gasteiger partial charge in [0.15, 0.2) is 0 Å². The molecule has 168 valence electrons. The van der Waals surface area contributed by atoms with Crippen LogP contribution in [0, 0.1) is 6.92 Å². The SMILES string of the molecule is CNCC[C@H](Oc1ccc(CN2CCN(C)c3ncncc3C2=O)c(C)c1)c1cccs1. The molecule has 0 fully saturated rings. The number of amides is 1. The zero-order valence-electron chi connectivity index (χ0n) is 18.7. The quantitative estimate of drug-likeness (QED) is 0.564. The fraction of sp³-hybridized carbons (Fsp3) is 0.375. The van der Waals surface area contributed by atoms with Crippen LogP contribution in [-0.4, -0.2) is 54.5 Å². The van der Waals surface area contributed by atoms with Gasteiger partial charge in [-0.2, -0.15) is 0 Å². The van der Waals surface area contributed by atoms with Gasteiger partial charge < -0.3 is 19.9 Å². The molecule has 3 heterocycles. The normalized spacial score (nSPS) is 14.8. The molecule has 0 unspecified atom stereocenters. The molecule has 3 aromatic rings. The molecular formula is C24H29N5O2S. The number of fused-ring (bicyclic) bond motifs is 1. The molecule has 1 aromatic carbocycles. The summed E-state index contributed by atoms with van der Waals surface area (Å²) in [6.07, 6.45) is 4.02. The Morgan fingerprint density at radius 3 is 2.91 bits per heavy atom. The number of ether oxygens (including phenoxy) is 1. The van der Waals surface area contributed by atoms with E-state index >= 15 is 0 Å². The smallest absolute Gasteiger partial charge is 0.259 e. The molecule has 7 nitrogen and oxygen atoms in total. The van der Waals surface area contributed by atoms with Crippen LogP contribution in [-0.2, 0) is 6.54 Å². The second kappa shape index (κ2) is 10.1. The largest absolute Gasteiger partial charge is 0.485 e. The van der Waals surface area contributed by atoms with E-state index in [1.807, 2.05) is 30.0 Å². The van der Waals surface area contributed by atoms with E-state index in [1.165, 1.54) is 11.2 Å². The molecule has 2 aromatic heterocycles. The van der Waals surface area contributed by atoms with E-state index in [-0.39, 0.29) is 12.0 Å². The summed E-state index contributed by atoms with van der Waals surface area (Å²) in [6, 6.07) is 10.3. The zero-order chi connectivity index (χ0) is 22.5. The minimum absolute atomic E-state index is 0.0203. The maximum Gasteiger partial charge on any atom is 0.259 e. The van der Waals surface area contributed by atoms with Crippen molar-refractivity contribution < 1.29 is 9.53 Å². The van der Waals surface area contributed by atoms with Crippen molar-refractivity contribution in [2.75, 3.05) is 38.6 Å². The van der Waals surface area contributed by atoms with Gasteiger partial charge >= 0.3 is 0 Å². The Morgan fingerprint density at radius 1 is 1.28 bits per heavy atom. The van der Waals surface area contributed by atoms with Crippen molar-refractivity contribution >= 4 is 23.1 Å². The average molecular weight is 452 g/mol. The average Bonchev–Trinajstić information content (AvgIpc) is 3.31. The van der Waals surface area contributed by atoms with E-state index in [1.54, 1.807) is 17.5 Å². The Kier molecular flexibility index (Phi) is 7.02. The lowest BCUT2D eigenvalue weighted by Gasteiger charge is -2.23. The Bertz CT molecular complexity index is 1060. The Hall–Kier alpha value is -2.97. The molecule has 32 heavy (non-hydrogen) atoms. The predicted molar refractivity (Wildman–Crippen MR) is 127 cm³/mol. The van der Waals surface area contributed by atoms with Crippen molar-refractivity contribution in [3.63, 3.8) is 0 Å². The third-order valence-electron chi connectivity index (χ3n) is 5.75. The van der Waals surface area contributed by atoms with E-state index < -0.39 is 0 Å². The highest BCUT2D eigenvalue weighted by atomic mass is 32.1. The number of nitrogens with zero attached hydrogens (tertiary/aromatic N) is 4. The second-order valence-corrected chi connectivity index (χ2v) is 8.99. The maximum atomic E-state index is 13.1. The minimum Gasteiger partial charge on any atom is -0.485 e. The second-order valence-electron chi connectivity index (χ2n) is 8.01. The van der Waals surface area contributed by atoms with Crippen LogP contribution in [0.1, 0.15) is 38.9 Å². The summed E-state index contributed by atoms with van der Waals surface area (Å²) in [5, 5.41) is 5.29. The Morgan fingerprint density at radius 2 is 2.16 bits per heavy atom. The fourth-order valence-corrected chi connectivity index (χ4v) is 4.66. The summed E-state index contributed by atoms with van der Waals surface area (Å²) < 4.78 is 6.36. The standard InChI is InChI=1S/C24H29N5O2S/c1-17-13-19(31-21(8-9-25-2)22-5-4-12-32-22)7-6-18(17)15-29-11-10-28(3)23-20(24(29)30)14-26-16-27-23/h4-7,12-14,16,21,25H,8-11,15H2,1-3H3/t21-/m0/s1. The summed E-state index contributed by atoms with van der Waals surface area (Å²) in [4.78, 5) is 26.6. The van der Waals surface area contributed by atoms with E-state index in [4.69, 9.17) is 4.74 Å². The lowest BCUT2D eigenvalue weighted by molar-refractivity contribution is 0.0754. The van der Waals surface area contributed by atoms with E-state index in [2.05, 4.69) is 51.9 Å². The number of carbonyl (C=O) groups excluding carboxylic acids is 1. The van der Waals surface area contributed by atoms with E-state index in [0.29, 0.717) is 24.5 Å². The first-order valence-electron chi connectivity index (χ1n) is 10.8. The van der Waals surface area contributed by atoms with Gasteiger partial charge in [0.25, 0.3) is 5.91 Å². The molecule has 1 aliphatic heterocycles. The lowest BCUT2D eigenvalue weighted by Crippen LogP contribution is -2.33. The Labute approximate surface area is 193 Å². The van der Waals surface area contributed by atoms with E-state index in [9.17, 15) is 4.79 Å². The van der Waals surface area contributed by atoms with Crippen molar-refractivity contribution in [2.45, 2.75) is 26.0 Å². The van der Waals surface area contributed by atoms with Crippen LogP contribution in [0.25, 0.3) is 0 Å². The van der Waals surface area contributed by atoms with Gasteiger partial charge in [0.2, 0.25) is 0 Å². The Balaban J connectivity index is 1.49. The highest BCUT2D eigenvalue weighted by Crippen LogP contribution is 2.30. The molecule has 0 saturated heterocycles. The number of carbonyl (C=O) groups is 1. The number of aryl methyl sites for hydroxylation is 1. The molecule has 0 aliphatic carbocycles. The summed E-state index contributed by atoms with van der Waals surface area (Å²) in [5.41, 5.74) is 2.76. The number of thiophene rings is 1. The van der Waals surface area contributed by atoms with Gasteiger partial charge in [0.1, 0.15) is 29.6 Å². The third-order valence-corrected chi connectivity index (χ3v) is 6.71. The zero-order valence-corrected chi connectivity index (χ0v) is 19.6. The first kappa shape index (κ1) is 22.2. The monoisotopic (exact) mass is 451 g/mol. The van der Waals surface area contributed by atoms with Gasteiger partial charge in [0, 0.05) is 44.2 Å². The molecule has 1 amide bonds. The van der Waals surface area contributed by atoms with Crippen molar-refractivity contribution in [1.29, 1.82) is 0 Å². The molecule has 0 saturated carbocycles. The number of anilines is 1. The van der Waals surface area contributed by atoms with Crippen molar-refractivity contribution in [3.8, 4) is 5.75 Å². The number of aromatic nitrogens is 2. The molecule has 1 aliphatic rings. The van der Waals surface area contributed by atoms with Crippen LogP contribution in [0.3, 0.4) is 0 Å². The minimum atomic E-state index is -0.0329. The van der Waals surface area contributed by atoms with Gasteiger partial charge in [-0.15, -0.1) is 11.3 Å².